The van der Waals surface area contributed by atoms with Crippen LogP contribution in [0.4, 0.5) is 8.78 Å². The zero-order chi connectivity index (χ0) is 14.8. The van der Waals surface area contributed by atoms with E-state index in [1.54, 1.807) is 0 Å². The lowest BCUT2D eigenvalue weighted by Gasteiger charge is -2.34. The number of nitrogens with zero attached hydrogens (tertiary/aromatic N) is 2. The molecule has 20 heavy (non-hydrogen) atoms. The molecule has 2 heterocycles. The van der Waals surface area contributed by atoms with Crippen molar-refractivity contribution in [1.82, 2.24) is 20.4 Å². The van der Waals surface area contributed by atoms with Gasteiger partial charge in [-0.15, -0.1) is 0 Å². The van der Waals surface area contributed by atoms with E-state index in [0.29, 0.717) is 0 Å². The Kier molecular flexibility index (Phi) is 4.93. The summed E-state index contributed by atoms with van der Waals surface area (Å²) in [6, 6.07) is -0.790. The van der Waals surface area contributed by atoms with E-state index in [-0.39, 0.29) is 11.9 Å². The maximum Gasteiger partial charge on any atom is 0.262 e. The molecule has 0 aromatic carbocycles. The van der Waals surface area contributed by atoms with E-state index in [0.717, 1.165) is 32.7 Å². The average Bonchev–Trinajstić information content (AvgIpc) is 2.73. The second-order valence-corrected chi connectivity index (χ2v) is 6.01. The van der Waals surface area contributed by atoms with Crippen LogP contribution in [0.25, 0.3) is 0 Å². The van der Waals surface area contributed by atoms with Crippen LogP contribution in [-0.4, -0.2) is 80.0 Å². The number of hydrogen-bond acceptors (Lipinski definition) is 4. The van der Waals surface area contributed by atoms with E-state index in [1.165, 1.54) is 0 Å². The molecule has 0 aliphatic carbocycles. The third-order valence-corrected chi connectivity index (χ3v) is 3.94. The molecule has 2 unspecified atom stereocenters. The number of amides is 1. The molecule has 2 fully saturated rings. The molecule has 5 nitrogen and oxygen atoms in total. The Hall–Kier alpha value is -0.790. The molecule has 0 radical (unpaired) electrons. The Morgan fingerprint density at radius 3 is 2.60 bits per heavy atom. The van der Waals surface area contributed by atoms with E-state index in [9.17, 15) is 13.6 Å². The van der Waals surface area contributed by atoms with E-state index >= 15 is 0 Å². The first-order chi connectivity index (χ1) is 9.35. The van der Waals surface area contributed by atoms with Gasteiger partial charge in [-0.25, -0.2) is 8.78 Å². The highest BCUT2D eigenvalue weighted by Gasteiger charge is 2.42. The van der Waals surface area contributed by atoms with Gasteiger partial charge >= 0.3 is 0 Å². The first-order valence-corrected chi connectivity index (χ1v) is 7.18. The van der Waals surface area contributed by atoms with Crippen molar-refractivity contribution < 1.29 is 13.6 Å². The van der Waals surface area contributed by atoms with Crippen LogP contribution in [0.1, 0.15) is 13.3 Å². The van der Waals surface area contributed by atoms with E-state index in [1.807, 2.05) is 6.92 Å². The van der Waals surface area contributed by atoms with Crippen LogP contribution in [0, 0.1) is 0 Å². The Morgan fingerprint density at radius 1 is 1.40 bits per heavy atom. The lowest BCUT2D eigenvalue weighted by atomic mass is 10.1. The average molecular weight is 290 g/mol. The van der Waals surface area contributed by atoms with Gasteiger partial charge in [0.25, 0.3) is 5.92 Å². The number of halogens is 2. The lowest BCUT2D eigenvalue weighted by Crippen LogP contribution is -2.51. The van der Waals surface area contributed by atoms with Crippen LogP contribution in [0.5, 0.6) is 0 Å². The summed E-state index contributed by atoms with van der Waals surface area (Å²) in [6.07, 6.45) is -0.403. The maximum absolute atomic E-state index is 13.0. The van der Waals surface area contributed by atoms with Crippen LogP contribution < -0.4 is 10.6 Å². The van der Waals surface area contributed by atoms with Crippen molar-refractivity contribution >= 4 is 5.91 Å². The number of alkyl halides is 2. The third kappa shape index (κ3) is 4.36. The van der Waals surface area contributed by atoms with Crippen molar-refractivity contribution in [1.29, 1.82) is 0 Å². The molecule has 0 spiro atoms. The molecule has 1 amide bonds. The molecule has 2 saturated heterocycles. The molecule has 2 N–H and O–H groups in total. The number of carbonyl (C=O) groups excluding carboxylic acids is 1. The van der Waals surface area contributed by atoms with Crippen LogP contribution >= 0.6 is 0 Å². The standard InChI is InChI=1S/C13H24F2N4O/c1-10(8-19-5-3-18(2)4-6-19)17-12(20)11-7-13(14,15)9-16-11/h10-11,16H,3-9H2,1-2H3,(H,17,20). The molecule has 116 valence electrons. The minimum atomic E-state index is -2.76. The molecule has 0 bridgehead atoms. The van der Waals surface area contributed by atoms with Crippen molar-refractivity contribution in [2.75, 3.05) is 46.3 Å². The number of hydrogen-bond donors (Lipinski definition) is 2. The minimum Gasteiger partial charge on any atom is -0.351 e. The largest absolute Gasteiger partial charge is 0.351 e. The third-order valence-electron chi connectivity index (χ3n) is 3.94. The highest BCUT2D eigenvalue weighted by molar-refractivity contribution is 5.82. The molecule has 2 aliphatic rings. The molecule has 2 atom stereocenters. The van der Waals surface area contributed by atoms with Crippen LogP contribution in [0.2, 0.25) is 0 Å². The van der Waals surface area contributed by atoms with Gasteiger partial charge in [0.1, 0.15) is 0 Å². The minimum absolute atomic E-state index is 0.0260. The van der Waals surface area contributed by atoms with Crippen molar-refractivity contribution in [3.05, 3.63) is 0 Å². The Bertz CT molecular complexity index is 345. The lowest BCUT2D eigenvalue weighted by molar-refractivity contribution is -0.124. The summed E-state index contributed by atoms with van der Waals surface area (Å²) in [5.74, 6) is -3.08. The quantitative estimate of drug-likeness (QED) is 0.749. The number of piperazine rings is 1. The first-order valence-electron chi connectivity index (χ1n) is 7.18. The molecular weight excluding hydrogens is 266 g/mol. The van der Waals surface area contributed by atoms with Crippen molar-refractivity contribution in [3.8, 4) is 0 Å². The predicted octanol–water partition coefficient (Wildman–Crippen LogP) is -0.264. The SMILES string of the molecule is CC(CN1CCN(C)CC1)NC(=O)C1CC(F)(F)CN1. The van der Waals surface area contributed by atoms with Gasteiger partial charge in [-0.05, 0) is 14.0 Å². The fourth-order valence-corrected chi connectivity index (χ4v) is 2.71. The van der Waals surface area contributed by atoms with Crippen molar-refractivity contribution in [2.24, 2.45) is 0 Å². The van der Waals surface area contributed by atoms with Crippen LogP contribution in [0.3, 0.4) is 0 Å². The zero-order valence-corrected chi connectivity index (χ0v) is 12.2. The second-order valence-electron chi connectivity index (χ2n) is 6.01. The van der Waals surface area contributed by atoms with E-state index < -0.39 is 24.9 Å². The molecule has 2 rings (SSSR count). The number of likely N-dealkylation sites (N-methyl/N-ethyl adjacent to an activating group) is 1. The molecular formula is C13H24F2N4O. The van der Waals surface area contributed by atoms with Gasteiger partial charge < -0.3 is 10.2 Å². The predicted molar refractivity (Wildman–Crippen MR) is 72.9 cm³/mol. The Morgan fingerprint density at radius 2 is 2.05 bits per heavy atom. The molecule has 2 aliphatic heterocycles. The molecule has 0 saturated carbocycles. The highest BCUT2D eigenvalue weighted by atomic mass is 19.3. The van der Waals surface area contributed by atoms with Gasteiger partial charge in [-0.2, -0.15) is 0 Å². The van der Waals surface area contributed by atoms with Gasteiger partial charge in [-0.1, -0.05) is 0 Å². The topological polar surface area (TPSA) is 47.6 Å². The van der Waals surface area contributed by atoms with Crippen molar-refractivity contribution in [2.45, 2.75) is 31.4 Å². The monoisotopic (exact) mass is 290 g/mol. The summed E-state index contributed by atoms with van der Waals surface area (Å²) in [6.45, 7) is 6.30. The summed E-state index contributed by atoms with van der Waals surface area (Å²) < 4.78 is 26.1. The molecule has 7 heteroatoms. The summed E-state index contributed by atoms with van der Waals surface area (Å²) in [5.41, 5.74) is 0. The normalized spacial score (nSPS) is 29.3. The van der Waals surface area contributed by atoms with Crippen LogP contribution in [0.15, 0.2) is 0 Å². The summed E-state index contributed by atoms with van der Waals surface area (Å²) >= 11 is 0. The Labute approximate surface area is 118 Å². The van der Waals surface area contributed by atoms with Gasteiger partial charge in [0.15, 0.2) is 0 Å². The number of carbonyl (C=O) groups is 1. The second kappa shape index (κ2) is 6.32. The smallest absolute Gasteiger partial charge is 0.262 e. The maximum atomic E-state index is 13.0. The van der Waals surface area contributed by atoms with Gasteiger partial charge in [0.2, 0.25) is 5.91 Å². The van der Waals surface area contributed by atoms with E-state index in [2.05, 4.69) is 27.5 Å². The fraction of sp³-hybridized carbons (Fsp3) is 0.923. The molecule has 0 aromatic rings. The summed E-state index contributed by atoms with van der Waals surface area (Å²) in [4.78, 5) is 16.5. The van der Waals surface area contributed by atoms with Gasteiger partial charge in [-0.3, -0.25) is 15.0 Å². The zero-order valence-electron chi connectivity index (χ0n) is 12.2. The first kappa shape index (κ1) is 15.6. The number of rotatable bonds is 4. The molecule has 0 aromatic heterocycles. The Balaban J connectivity index is 1.71. The number of nitrogens with one attached hydrogen (secondary N) is 2. The highest BCUT2D eigenvalue weighted by Crippen LogP contribution is 2.25. The van der Waals surface area contributed by atoms with Crippen LogP contribution in [-0.2, 0) is 4.79 Å². The summed E-state index contributed by atoms with van der Waals surface area (Å²) in [5, 5.41) is 5.41. The fourth-order valence-electron chi connectivity index (χ4n) is 2.71. The van der Waals surface area contributed by atoms with Gasteiger partial charge in [0.05, 0.1) is 12.6 Å². The summed E-state index contributed by atoms with van der Waals surface area (Å²) in [7, 11) is 2.09. The van der Waals surface area contributed by atoms with Crippen molar-refractivity contribution in [3.63, 3.8) is 0 Å². The van der Waals surface area contributed by atoms with E-state index in [4.69, 9.17) is 0 Å². The van der Waals surface area contributed by atoms with Gasteiger partial charge in [0, 0.05) is 45.2 Å².